The summed E-state index contributed by atoms with van der Waals surface area (Å²) in [6.07, 6.45) is 1.31. The second kappa shape index (κ2) is 7.59. The van der Waals surface area contributed by atoms with E-state index in [-0.39, 0.29) is 17.7 Å². The van der Waals surface area contributed by atoms with Crippen LogP contribution >= 0.6 is 11.3 Å². The van der Waals surface area contributed by atoms with Crippen LogP contribution in [-0.2, 0) is 9.59 Å². The van der Waals surface area contributed by atoms with Crippen molar-refractivity contribution in [1.29, 1.82) is 0 Å². The quantitative estimate of drug-likeness (QED) is 0.729. The van der Waals surface area contributed by atoms with Gasteiger partial charge in [-0.1, -0.05) is 0 Å². The lowest BCUT2D eigenvalue weighted by Crippen LogP contribution is -2.40. The van der Waals surface area contributed by atoms with Crippen LogP contribution in [0.2, 0.25) is 0 Å². The molecule has 1 N–H and O–H groups in total. The minimum atomic E-state index is -0.127. The summed E-state index contributed by atoms with van der Waals surface area (Å²) >= 11 is 1.47. The van der Waals surface area contributed by atoms with E-state index in [0.29, 0.717) is 36.8 Å². The average Bonchev–Trinajstić information content (AvgIpc) is 3.28. The van der Waals surface area contributed by atoms with Crippen LogP contribution in [0.25, 0.3) is 16.2 Å². The maximum Gasteiger partial charge on any atom is 0.250 e. The number of anilines is 1. The number of benzene rings is 1. The number of nitrogens with one attached hydrogen (secondary N) is 1. The van der Waals surface area contributed by atoms with Gasteiger partial charge in [0.1, 0.15) is 5.75 Å². The molecule has 2 aromatic heterocycles. The number of carbonyl (C=O) groups excluding carboxylic acids is 2. The van der Waals surface area contributed by atoms with Crippen LogP contribution in [0.1, 0.15) is 19.8 Å². The SMILES string of the molecule is COc1ccc(-c2csc3nc(NC(=O)C4CCN(C(C)=O)CC4)nn23)cc1. The standard InChI is InChI=1S/C19H21N5O3S/c1-12(25)23-9-7-14(8-10-23)17(26)20-18-21-19-24(22-18)16(11-28-19)13-3-5-15(27-2)6-4-13/h3-6,11,14H,7-10H2,1-2H3,(H,20,22,26). The lowest BCUT2D eigenvalue weighted by Gasteiger charge is -2.30. The summed E-state index contributed by atoms with van der Waals surface area (Å²) in [4.78, 5) is 30.9. The second-order valence-electron chi connectivity index (χ2n) is 6.75. The summed E-state index contributed by atoms with van der Waals surface area (Å²) in [6, 6.07) is 7.71. The van der Waals surface area contributed by atoms with E-state index in [1.807, 2.05) is 29.6 Å². The van der Waals surface area contributed by atoms with Gasteiger partial charge in [-0.05, 0) is 37.1 Å². The summed E-state index contributed by atoms with van der Waals surface area (Å²) in [5.74, 6) is 0.935. The molecule has 2 amide bonds. The van der Waals surface area contributed by atoms with Gasteiger partial charge in [0.05, 0.1) is 12.8 Å². The number of hydrogen-bond donors (Lipinski definition) is 1. The molecule has 1 aliphatic heterocycles. The number of aromatic nitrogens is 3. The fraction of sp³-hybridized carbons (Fsp3) is 0.368. The lowest BCUT2D eigenvalue weighted by atomic mass is 9.96. The molecular formula is C19H21N5O3S. The molecule has 8 nitrogen and oxygen atoms in total. The van der Waals surface area contributed by atoms with Gasteiger partial charge in [0.25, 0.3) is 0 Å². The van der Waals surface area contributed by atoms with Crippen molar-refractivity contribution in [2.45, 2.75) is 19.8 Å². The van der Waals surface area contributed by atoms with Gasteiger partial charge in [0.15, 0.2) is 0 Å². The highest BCUT2D eigenvalue weighted by molar-refractivity contribution is 7.15. The van der Waals surface area contributed by atoms with Crippen LogP contribution in [0.3, 0.4) is 0 Å². The molecule has 1 aliphatic rings. The zero-order valence-corrected chi connectivity index (χ0v) is 16.5. The molecule has 3 aromatic rings. The van der Waals surface area contributed by atoms with Crippen molar-refractivity contribution < 1.29 is 14.3 Å². The molecule has 1 fully saturated rings. The van der Waals surface area contributed by atoms with Crippen molar-refractivity contribution in [3.63, 3.8) is 0 Å². The Morgan fingerprint density at radius 1 is 1.21 bits per heavy atom. The number of hydrogen-bond acceptors (Lipinski definition) is 6. The van der Waals surface area contributed by atoms with E-state index in [4.69, 9.17) is 4.74 Å². The summed E-state index contributed by atoms with van der Waals surface area (Å²) in [5.41, 5.74) is 1.90. The molecule has 0 atom stereocenters. The Hall–Kier alpha value is -2.94. The van der Waals surface area contributed by atoms with E-state index in [1.165, 1.54) is 11.3 Å². The van der Waals surface area contributed by atoms with E-state index in [2.05, 4.69) is 15.4 Å². The predicted molar refractivity (Wildman–Crippen MR) is 106 cm³/mol. The monoisotopic (exact) mass is 399 g/mol. The Bertz CT molecular complexity index is 1000. The normalized spacial score (nSPS) is 15.0. The molecule has 1 aromatic carbocycles. The molecule has 0 unspecified atom stereocenters. The molecule has 3 heterocycles. The summed E-state index contributed by atoms with van der Waals surface area (Å²) in [7, 11) is 1.63. The van der Waals surface area contributed by atoms with Crippen LogP contribution in [0.15, 0.2) is 29.6 Å². The number of thiazole rings is 1. The Labute approximate surface area is 166 Å². The first-order valence-electron chi connectivity index (χ1n) is 9.10. The topological polar surface area (TPSA) is 88.8 Å². The van der Waals surface area contributed by atoms with Crippen molar-refractivity contribution in [2.75, 3.05) is 25.5 Å². The van der Waals surface area contributed by atoms with Gasteiger partial charge < -0.3 is 9.64 Å². The number of nitrogens with zero attached hydrogens (tertiary/aromatic N) is 4. The zero-order valence-electron chi connectivity index (χ0n) is 15.7. The fourth-order valence-corrected chi connectivity index (χ4v) is 4.19. The number of carbonyl (C=O) groups is 2. The predicted octanol–water partition coefficient (Wildman–Crippen LogP) is 2.66. The van der Waals surface area contributed by atoms with Crippen molar-refractivity contribution in [1.82, 2.24) is 19.5 Å². The summed E-state index contributed by atoms with van der Waals surface area (Å²) in [6.45, 7) is 2.78. The Balaban J connectivity index is 1.47. The number of likely N-dealkylation sites (tertiary alicyclic amines) is 1. The minimum Gasteiger partial charge on any atom is -0.497 e. The van der Waals surface area contributed by atoms with Crippen LogP contribution in [0.4, 0.5) is 5.95 Å². The minimum absolute atomic E-state index is 0.0564. The first kappa shape index (κ1) is 18.4. The third kappa shape index (κ3) is 3.57. The Morgan fingerprint density at radius 2 is 1.93 bits per heavy atom. The molecule has 0 aliphatic carbocycles. The van der Waals surface area contributed by atoms with Crippen LogP contribution in [0, 0.1) is 5.92 Å². The number of fused-ring (bicyclic) bond motifs is 1. The van der Waals surface area contributed by atoms with E-state index in [0.717, 1.165) is 17.0 Å². The highest BCUT2D eigenvalue weighted by atomic mass is 32.1. The van der Waals surface area contributed by atoms with Gasteiger partial charge in [-0.15, -0.1) is 16.4 Å². The molecule has 146 valence electrons. The largest absolute Gasteiger partial charge is 0.497 e. The maximum absolute atomic E-state index is 12.6. The van der Waals surface area contributed by atoms with Gasteiger partial charge in [-0.3, -0.25) is 14.9 Å². The van der Waals surface area contributed by atoms with E-state index in [1.54, 1.807) is 23.4 Å². The number of amides is 2. The van der Waals surface area contributed by atoms with Crippen LogP contribution < -0.4 is 10.1 Å². The third-order valence-electron chi connectivity index (χ3n) is 5.01. The van der Waals surface area contributed by atoms with Crippen molar-refractivity contribution in [3.8, 4) is 17.0 Å². The molecule has 0 spiro atoms. The molecule has 28 heavy (non-hydrogen) atoms. The van der Waals surface area contributed by atoms with Crippen molar-refractivity contribution >= 4 is 34.1 Å². The van der Waals surface area contributed by atoms with E-state index in [9.17, 15) is 9.59 Å². The van der Waals surface area contributed by atoms with Gasteiger partial charge in [-0.25, -0.2) is 4.52 Å². The van der Waals surface area contributed by atoms with Crippen LogP contribution in [-0.4, -0.2) is 51.5 Å². The highest BCUT2D eigenvalue weighted by Gasteiger charge is 2.27. The average molecular weight is 399 g/mol. The second-order valence-corrected chi connectivity index (χ2v) is 7.59. The number of methoxy groups -OCH3 is 1. The van der Waals surface area contributed by atoms with Gasteiger partial charge in [-0.2, -0.15) is 4.98 Å². The molecule has 0 saturated carbocycles. The number of piperidine rings is 1. The highest BCUT2D eigenvalue weighted by Crippen LogP contribution is 2.27. The summed E-state index contributed by atoms with van der Waals surface area (Å²) < 4.78 is 6.93. The maximum atomic E-state index is 12.6. The Kier molecular flexibility index (Phi) is 4.99. The van der Waals surface area contributed by atoms with E-state index < -0.39 is 0 Å². The zero-order chi connectivity index (χ0) is 19.7. The van der Waals surface area contributed by atoms with Crippen molar-refractivity contribution in [3.05, 3.63) is 29.6 Å². The van der Waals surface area contributed by atoms with Gasteiger partial charge in [0.2, 0.25) is 22.7 Å². The molecule has 4 rings (SSSR count). The lowest BCUT2D eigenvalue weighted by molar-refractivity contribution is -0.132. The first-order chi connectivity index (χ1) is 13.5. The molecule has 0 bridgehead atoms. The first-order valence-corrected chi connectivity index (χ1v) is 9.98. The van der Waals surface area contributed by atoms with Gasteiger partial charge in [0, 0.05) is 36.9 Å². The third-order valence-corrected chi connectivity index (χ3v) is 5.83. The molecule has 0 radical (unpaired) electrons. The molecule has 1 saturated heterocycles. The van der Waals surface area contributed by atoms with E-state index >= 15 is 0 Å². The molecular weight excluding hydrogens is 378 g/mol. The Morgan fingerprint density at radius 3 is 2.57 bits per heavy atom. The summed E-state index contributed by atoms with van der Waals surface area (Å²) in [5, 5.41) is 9.27. The van der Waals surface area contributed by atoms with Crippen LogP contribution in [0.5, 0.6) is 5.75 Å². The van der Waals surface area contributed by atoms with Gasteiger partial charge >= 0.3 is 0 Å². The number of rotatable bonds is 4. The van der Waals surface area contributed by atoms with Crippen molar-refractivity contribution in [2.24, 2.45) is 5.92 Å². The molecule has 9 heteroatoms. The number of ether oxygens (including phenoxy) is 1. The smallest absolute Gasteiger partial charge is 0.250 e. The fourth-order valence-electron chi connectivity index (χ4n) is 3.36.